The second kappa shape index (κ2) is 6.68. The van der Waals surface area contributed by atoms with Crippen molar-refractivity contribution < 1.29 is 19.1 Å². The van der Waals surface area contributed by atoms with Gasteiger partial charge in [-0.25, -0.2) is 5.01 Å². The standard InChI is InChI=1S/C19H18N2O4/c1-12-4-7-14(8-5-12)21-19(23)15(18(22)20-21)10-13-6-9-16(24-2)17(11-13)25-3/h4-11H,1-3H3,(H,20,22)/b15-10-. The summed E-state index contributed by atoms with van der Waals surface area (Å²) in [5.74, 6) is 0.259. The maximum absolute atomic E-state index is 12.6. The number of benzene rings is 2. The Morgan fingerprint density at radius 1 is 0.960 bits per heavy atom. The Morgan fingerprint density at radius 2 is 1.64 bits per heavy atom. The second-order valence-electron chi connectivity index (χ2n) is 5.59. The number of anilines is 1. The van der Waals surface area contributed by atoms with E-state index in [1.54, 1.807) is 37.4 Å². The Kier molecular flexibility index (Phi) is 4.43. The summed E-state index contributed by atoms with van der Waals surface area (Å²) in [7, 11) is 3.07. The SMILES string of the molecule is COc1ccc(/C=C2/C(=O)NN(c3ccc(C)cc3)C2=O)cc1OC. The zero-order valence-corrected chi connectivity index (χ0v) is 14.2. The fourth-order valence-electron chi connectivity index (χ4n) is 2.54. The molecule has 1 fully saturated rings. The van der Waals surface area contributed by atoms with Crippen LogP contribution in [0.2, 0.25) is 0 Å². The van der Waals surface area contributed by atoms with Gasteiger partial charge in [0.2, 0.25) is 0 Å². The van der Waals surface area contributed by atoms with Crippen molar-refractivity contribution >= 4 is 23.6 Å². The Balaban J connectivity index is 1.92. The van der Waals surface area contributed by atoms with Crippen molar-refractivity contribution in [2.75, 3.05) is 19.2 Å². The molecule has 0 unspecified atom stereocenters. The lowest BCUT2D eigenvalue weighted by Crippen LogP contribution is -2.35. The van der Waals surface area contributed by atoms with E-state index in [1.807, 2.05) is 19.1 Å². The topological polar surface area (TPSA) is 67.9 Å². The van der Waals surface area contributed by atoms with Crippen LogP contribution >= 0.6 is 0 Å². The van der Waals surface area contributed by atoms with Gasteiger partial charge in [-0.2, -0.15) is 0 Å². The molecule has 0 bridgehead atoms. The van der Waals surface area contributed by atoms with Gasteiger partial charge in [0, 0.05) is 0 Å². The predicted octanol–water partition coefficient (Wildman–Crippen LogP) is 2.47. The van der Waals surface area contributed by atoms with Crippen molar-refractivity contribution in [2.45, 2.75) is 6.92 Å². The van der Waals surface area contributed by atoms with E-state index in [2.05, 4.69) is 5.43 Å². The second-order valence-corrected chi connectivity index (χ2v) is 5.59. The molecule has 0 aromatic heterocycles. The molecule has 1 N–H and O–H groups in total. The van der Waals surface area contributed by atoms with Crippen LogP contribution in [0.5, 0.6) is 11.5 Å². The van der Waals surface area contributed by atoms with E-state index >= 15 is 0 Å². The molecule has 0 aliphatic carbocycles. The van der Waals surface area contributed by atoms with E-state index in [1.165, 1.54) is 18.2 Å². The van der Waals surface area contributed by atoms with Gasteiger partial charge in [0.15, 0.2) is 11.5 Å². The van der Waals surface area contributed by atoms with E-state index in [0.29, 0.717) is 22.7 Å². The Hall–Kier alpha value is -3.28. The van der Waals surface area contributed by atoms with Gasteiger partial charge < -0.3 is 9.47 Å². The summed E-state index contributed by atoms with van der Waals surface area (Å²) in [5, 5.41) is 1.24. The molecule has 1 aliphatic heterocycles. The van der Waals surface area contributed by atoms with Gasteiger partial charge in [-0.3, -0.25) is 15.0 Å². The molecule has 0 radical (unpaired) electrons. The molecule has 1 aliphatic rings. The summed E-state index contributed by atoms with van der Waals surface area (Å²) in [6, 6.07) is 12.5. The highest BCUT2D eigenvalue weighted by atomic mass is 16.5. The number of hydrazine groups is 1. The summed E-state index contributed by atoms with van der Waals surface area (Å²) >= 11 is 0. The number of hydrogen-bond donors (Lipinski definition) is 1. The summed E-state index contributed by atoms with van der Waals surface area (Å²) in [5.41, 5.74) is 5.00. The van der Waals surface area contributed by atoms with Crippen molar-refractivity contribution in [1.82, 2.24) is 5.43 Å². The van der Waals surface area contributed by atoms with Gasteiger partial charge in [0.1, 0.15) is 5.57 Å². The number of hydrogen-bond acceptors (Lipinski definition) is 4. The van der Waals surface area contributed by atoms with Crippen LogP contribution in [0.25, 0.3) is 6.08 Å². The largest absolute Gasteiger partial charge is 0.493 e. The minimum atomic E-state index is -0.444. The van der Waals surface area contributed by atoms with Gasteiger partial charge in [0.05, 0.1) is 19.9 Å². The smallest absolute Gasteiger partial charge is 0.282 e. The minimum absolute atomic E-state index is 0.0628. The van der Waals surface area contributed by atoms with Crippen molar-refractivity contribution in [3.8, 4) is 11.5 Å². The Morgan fingerprint density at radius 3 is 2.28 bits per heavy atom. The van der Waals surface area contributed by atoms with Gasteiger partial charge >= 0.3 is 0 Å². The first-order valence-corrected chi connectivity index (χ1v) is 7.69. The van der Waals surface area contributed by atoms with Crippen LogP contribution in [0, 0.1) is 6.92 Å². The Labute approximate surface area is 145 Å². The minimum Gasteiger partial charge on any atom is -0.493 e. The van der Waals surface area contributed by atoms with Crippen LogP contribution in [0.4, 0.5) is 5.69 Å². The fraction of sp³-hybridized carbons (Fsp3) is 0.158. The number of amides is 2. The van der Waals surface area contributed by atoms with E-state index in [0.717, 1.165) is 5.56 Å². The molecule has 6 heteroatoms. The highest BCUT2D eigenvalue weighted by Crippen LogP contribution is 2.29. The summed E-state index contributed by atoms with van der Waals surface area (Å²) in [6.45, 7) is 1.95. The predicted molar refractivity (Wildman–Crippen MR) is 94.3 cm³/mol. The van der Waals surface area contributed by atoms with Gasteiger partial charge in [-0.05, 0) is 42.8 Å². The highest BCUT2D eigenvalue weighted by molar-refractivity contribution is 6.31. The molecule has 0 saturated carbocycles. The molecule has 0 spiro atoms. The van der Waals surface area contributed by atoms with E-state index in [9.17, 15) is 9.59 Å². The van der Waals surface area contributed by atoms with Crippen molar-refractivity contribution in [3.63, 3.8) is 0 Å². The molecule has 128 valence electrons. The molecule has 2 aromatic rings. The van der Waals surface area contributed by atoms with Crippen molar-refractivity contribution in [2.24, 2.45) is 0 Å². The van der Waals surface area contributed by atoms with E-state index < -0.39 is 11.8 Å². The molecule has 0 atom stereocenters. The highest BCUT2D eigenvalue weighted by Gasteiger charge is 2.34. The molecule has 2 aromatic carbocycles. The maximum atomic E-state index is 12.6. The zero-order chi connectivity index (χ0) is 18.0. The maximum Gasteiger partial charge on any atom is 0.282 e. The number of nitrogens with zero attached hydrogens (tertiary/aromatic N) is 1. The molecule has 1 heterocycles. The molecule has 1 saturated heterocycles. The third kappa shape index (κ3) is 3.19. The molecular weight excluding hydrogens is 320 g/mol. The first-order valence-electron chi connectivity index (χ1n) is 7.69. The number of ether oxygens (including phenoxy) is 2. The van der Waals surface area contributed by atoms with Crippen molar-refractivity contribution in [3.05, 3.63) is 59.2 Å². The summed E-state index contributed by atoms with van der Waals surface area (Å²) < 4.78 is 10.4. The lowest BCUT2D eigenvalue weighted by molar-refractivity contribution is -0.117. The van der Waals surface area contributed by atoms with Crippen LogP contribution in [-0.4, -0.2) is 26.0 Å². The van der Waals surface area contributed by atoms with Crippen LogP contribution in [0.1, 0.15) is 11.1 Å². The number of rotatable bonds is 4. The average Bonchev–Trinajstić information content (AvgIpc) is 2.90. The summed E-state index contributed by atoms with van der Waals surface area (Å²) in [4.78, 5) is 24.8. The molecular formula is C19H18N2O4. The number of carbonyl (C=O) groups is 2. The van der Waals surface area contributed by atoms with Crippen molar-refractivity contribution in [1.29, 1.82) is 0 Å². The molecule has 2 amide bonds. The van der Waals surface area contributed by atoms with E-state index in [4.69, 9.17) is 9.47 Å². The van der Waals surface area contributed by atoms with Crippen LogP contribution in [0.3, 0.4) is 0 Å². The first kappa shape index (κ1) is 16.6. The monoisotopic (exact) mass is 338 g/mol. The van der Waals surface area contributed by atoms with Crippen LogP contribution in [-0.2, 0) is 9.59 Å². The fourth-order valence-corrected chi connectivity index (χ4v) is 2.54. The third-order valence-electron chi connectivity index (χ3n) is 3.90. The quantitative estimate of drug-likeness (QED) is 0.687. The van der Waals surface area contributed by atoms with Gasteiger partial charge in [-0.1, -0.05) is 23.8 Å². The summed E-state index contributed by atoms with van der Waals surface area (Å²) in [6.07, 6.45) is 1.54. The van der Waals surface area contributed by atoms with E-state index in [-0.39, 0.29) is 5.57 Å². The van der Waals surface area contributed by atoms with Crippen LogP contribution in [0.15, 0.2) is 48.0 Å². The molecule has 25 heavy (non-hydrogen) atoms. The Bertz CT molecular complexity index is 856. The lowest BCUT2D eigenvalue weighted by Gasteiger charge is -2.14. The third-order valence-corrected chi connectivity index (χ3v) is 3.90. The number of nitrogens with one attached hydrogen (secondary N) is 1. The first-order chi connectivity index (χ1) is 12.0. The number of methoxy groups -OCH3 is 2. The lowest BCUT2D eigenvalue weighted by atomic mass is 10.1. The number of aryl methyl sites for hydroxylation is 1. The average molecular weight is 338 g/mol. The molecule has 6 nitrogen and oxygen atoms in total. The molecule has 3 rings (SSSR count). The normalized spacial score (nSPS) is 15.5. The number of carbonyl (C=O) groups excluding carboxylic acids is 2. The van der Waals surface area contributed by atoms with Crippen LogP contribution < -0.4 is 19.9 Å². The van der Waals surface area contributed by atoms with Gasteiger partial charge in [-0.15, -0.1) is 0 Å². The van der Waals surface area contributed by atoms with Gasteiger partial charge in [0.25, 0.3) is 11.8 Å². The zero-order valence-electron chi connectivity index (χ0n) is 14.2.